The Bertz CT molecular complexity index is 420. The van der Waals surface area contributed by atoms with Gasteiger partial charge >= 0.3 is 5.97 Å². The highest BCUT2D eigenvalue weighted by atomic mass is 16.5. The molecule has 0 bridgehead atoms. The summed E-state index contributed by atoms with van der Waals surface area (Å²) in [6.07, 6.45) is 1.53. The predicted octanol–water partition coefficient (Wildman–Crippen LogP) is 1.14. The smallest absolute Gasteiger partial charge is 0.315 e. The molecule has 1 aromatic rings. The maximum absolute atomic E-state index is 11.5. The van der Waals surface area contributed by atoms with Crippen molar-refractivity contribution < 1.29 is 19.4 Å². The number of hydrogen-bond donors (Lipinski definition) is 2. The van der Waals surface area contributed by atoms with Gasteiger partial charge in [0.15, 0.2) is 0 Å². The van der Waals surface area contributed by atoms with E-state index in [9.17, 15) is 9.59 Å². The van der Waals surface area contributed by atoms with Gasteiger partial charge in [0.2, 0.25) is 11.8 Å². The predicted molar refractivity (Wildman–Crippen MR) is 60.8 cm³/mol. The number of carbonyl (C=O) groups is 2. The van der Waals surface area contributed by atoms with E-state index >= 15 is 0 Å². The van der Waals surface area contributed by atoms with Crippen LogP contribution in [0.3, 0.4) is 0 Å². The summed E-state index contributed by atoms with van der Waals surface area (Å²) < 4.78 is 5.20. The van der Waals surface area contributed by atoms with Crippen LogP contribution in [-0.4, -0.2) is 28.6 Å². The Morgan fingerprint density at radius 1 is 1.59 bits per heavy atom. The first-order chi connectivity index (χ1) is 8.06. The summed E-state index contributed by atoms with van der Waals surface area (Å²) >= 11 is 0. The van der Waals surface area contributed by atoms with Gasteiger partial charge in [-0.25, -0.2) is 4.98 Å². The lowest BCUT2D eigenvalue weighted by atomic mass is 10.1. The van der Waals surface area contributed by atoms with Crippen molar-refractivity contribution >= 4 is 17.6 Å². The third-order valence-electron chi connectivity index (χ3n) is 2.07. The van der Waals surface area contributed by atoms with Gasteiger partial charge in [0.25, 0.3) is 0 Å². The summed E-state index contributed by atoms with van der Waals surface area (Å²) in [6.45, 7) is 3.52. The maximum Gasteiger partial charge on any atom is 0.315 e. The van der Waals surface area contributed by atoms with Gasteiger partial charge in [-0.2, -0.15) is 0 Å². The highest BCUT2D eigenvalue weighted by Gasteiger charge is 2.21. The molecule has 0 aliphatic heterocycles. The number of carboxylic acid groups (broad SMARTS) is 1. The van der Waals surface area contributed by atoms with Crippen LogP contribution in [0.1, 0.15) is 13.8 Å². The van der Waals surface area contributed by atoms with E-state index in [4.69, 9.17) is 9.84 Å². The fraction of sp³-hybridized carbons (Fsp3) is 0.364. The normalized spacial score (nSPS) is 11.6. The van der Waals surface area contributed by atoms with Crippen LogP contribution in [0.2, 0.25) is 0 Å². The fourth-order valence-corrected chi connectivity index (χ4v) is 1.09. The van der Waals surface area contributed by atoms with Crippen LogP contribution in [-0.2, 0) is 9.59 Å². The molecule has 17 heavy (non-hydrogen) atoms. The van der Waals surface area contributed by atoms with Crippen LogP contribution >= 0.6 is 0 Å². The molecule has 1 amide bonds. The minimum Gasteiger partial charge on any atom is -0.481 e. The van der Waals surface area contributed by atoms with Gasteiger partial charge in [-0.15, -0.1) is 0 Å². The maximum atomic E-state index is 11.5. The minimum absolute atomic E-state index is 0.279. The number of carbonyl (C=O) groups excluding carboxylic acids is 1. The minimum atomic E-state index is -1.18. The van der Waals surface area contributed by atoms with Gasteiger partial charge in [-0.05, 0) is 26.0 Å². The number of rotatable bonds is 5. The highest BCUT2D eigenvalue weighted by molar-refractivity contribution is 6.04. The van der Waals surface area contributed by atoms with Crippen molar-refractivity contribution in [2.45, 2.75) is 13.8 Å². The zero-order chi connectivity index (χ0) is 12.8. The van der Waals surface area contributed by atoms with Crippen LogP contribution in [0, 0.1) is 5.92 Å². The van der Waals surface area contributed by atoms with Gasteiger partial charge in [-0.3, -0.25) is 9.59 Å². The standard InChI is InChI=1S/C11H14N2O4/c1-3-17-10-8(5-4-6-12-10)13-9(14)7(2)11(15)16/h4-7H,3H2,1-2H3,(H,13,14)(H,15,16). The number of anilines is 1. The Morgan fingerprint density at radius 3 is 2.88 bits per heavy atom. The van der Waals surface area contributed by atoms with Gasteiger partial charge in [0.05, 0.1) is 6.61 Å². The lowest BCUT2D eigenvalue weighted by molar-refractivity contribution is -0.144. The van der Waals surface area contributed by atoms with E-state index in [0.29, 0.717) is 12.3 Å². The molecule has 1 unspecified atom stereocenters. The van der Waals surface area contributed by atoms with E-state index in [1.807, 2.05) is 0 Å². The van der Waals surface area contributed by atoms with Gasteiger partial charge in [0, 0.05) is 6.20 Å². The largest absolute Gasteiger partial charge is 0.481 e. The lowest BCUT2D eigenvalue weighted by Gasteiger charge is -2.11. The van der Waals surface area contributed by atoms with E-state index < -0.39 is 17.8 Å². The van der Waals surface area contributed by atoms with E-state index in [1.165, 1.54) is 13.1 Å². The van der Waals surface area contributed by atoms with E-state index in [2.05, 4.69) is 10.3 Å². The molecule has 0 aliphatic rings. The average Bonchev–Trinajstić information content (AvgIpc) is 2.30. The Hall–Kier alpha value is -2.11. The van der Waals surface area contributed by atoms with Crippen LogP contribution in [0.5, 0.6) is 5.88 Å². The summed E-state index contributed by atoms with van der Waals surface area (Å²) in [6, 6.07) is 3.23. The quantitative estimate of drug-likeness (QED) is 0.751. The Morgan fingerprint density at radius 2 is 2.29 bits per heavy atom. The third-order valence-corrected chi connectivity index (χ3v) is 2.07. The number of carboxylic acids is 1. The van der Waals surface area contributed by atoms with Crippen LogP contribution in [0.25, 0.3) is 0 Å². The Labute approximate surface area is 98.6 Å². The molecule has 1 aromatic heterocycles. The second-order valence-corrected chi connectivity index (χ2v) is 3.34. The number of nitrogens with zero attached hydrogens (tertiary/aromatic N) is 1. The number of aromatic nitrogens is 1. The molecule has 92 valence electrons. The molecule has 0 saturated carbocycles. The van der Waals surface area contributed by atoms with Crippen LogP contribution in [0.4, 0.5) is 5.69 Å². The molecule has 0 spiro atoms. The van der Waals surface area contributed by atoms with Crippen molar-refractivity contribution in [3.8, 4) is 5.88 Å². The van der Waals surface area contributed by atoms with Crippen LogP contribution < -0.4 is 10.1 Å². The Kier molecular flexibility index (Phi) is 4.45. The Balaban J connectivity index is 2.80. The third kappa shape index (κ3) is 3.44. The summed E-state index contributed by atoms with van der Waals surface area (Å²) in [4.78, 5) is 26.1. The molecule has 1 heterocycles. The van der Waals surface area contributed by atoms with Crippen molar-refractivity contribution in [3.05, 3.63) is 18.3 Å². The number of ether oxygens (including phenoxy) is 1. The van der Waals surface area contributed by atoms with E-state index in [-0.39, 0.29) is 5.88 Å². The molecular weight excluding hydrogens is 224 g/mol. The molecule has 6 nitrogen and oxygen atoms in total. The van der Waals surface area contributed by atoms with Gasteiger partial charge in [0.1, 0.15) is 11.6 Å². The molecule has 2 N–H and O–H groups in total. The molecule has 0 saturated heterocycles. The fourth-order valence-electron chi connectivity index (χ4n) is 1.09. The molecule has 0 radical (unpaired) electrons. The molecule has 1 rings (SSSR count). The molecule has 0 fully saturated rings. The molecular formula is C11H14N2O4. The van der Waals surface area contributed by atoms with Crippen molar-refractivity contribution in [3.63, 3.8) is 0 Å². The second kappa shape index (κ2) is 5.83. The first-order valence-electron chi connectivity index (χ1n) is 5.17. The van der Waals surface area contributed by atoms with Gasteiger partial charge in [-0.1, -0.05) is 0 Å². The summed E-state index contributed by atoms with van der Waals surface area (Å²) in [5, 5.41) is 11.2. The van der Waals surface area contributed by atoms with Crippen LogP contribution in [0.15, 0.2) is 18.3 Å². The summed E-state index contributed by atoms with van der Waals surface area (Å²) in [5.41, 5.74) is 0.368. The average molecular weight is 238 g/mol. The van der Waals surface area contributed by atoms with Crippen molar-refractivity contribution in [1.29, 1.82) is 0 Å². The first kappa shape index (κ1) is 13.0. The SMILES string of the molecule is CCOc1ncccc1NC(=O)C(C)C(=O)O. The number of nitrogens with one attached hydrogen (secondary N) is 1. The van der Waals surface area contributed by atoms with E-state index in [1.54, 1.807) is 19.1 Å². The summed E-state index contributed by atoms with van der Waals surface area (Å²) in [7, 11) is 0. The lowest BCUT2D eigenvalue weighted by Crippen LogP contribution is -2.27. The zero-order valence-electron chi connectivity index (χ0n) is 9.64. The molecule has 6 heteroatoms. The summed E-state index contributed by atoms with van der Waals surface area (Å²) in [5.74, 6) is -2.62. The number of hydrogen-bond acceptors (Lipinski definition) is 4. The highest BCUT2D eigenvalue weighted by Crippen LogP contribution is 2.21. The van der Waals surface area contributed by atoms with E-state index in [0.717, 1.165) is 0 Å². The number of aliphatic carboxylic acids is 1. The van der Waals surface area contributed by atoms with Crippen molar-refractivity contribution in [2.75, 3.05) is 11.9 Å². The van der Waals surface area contributed by atoms with Gasteiger partial charge < -0.3 is 15.2 Å². The first-order valence-corrected chi connectivity index (χ1v) is 5.17. The second-order valence-electron chi connectivity index (χ2n) is 3.34. The molecule has 1 atom stereocenters. The van der Waals surface area contributed by atoms with Crippen molar-refractivity contribution in [2.24, 2.45) is 5.92 Å². The molecule has 0 aliphatic carbocycles. The zero-order valence-corrected chi connectivity index (χ0v) is 9.64. The number of amides is 1. The van der Waals surface area contributed by atoms with Crippen molar-refractivity contribution in [1.82, 2.24) is 4.98 Å². The molecule has 0 aromatic carbocycles. The topological polar surface area (TPSA) is 88.5 Å². The number of pyridine rings is 1. The monoisotopic (exact) mass is 238 g/mol.